The van der Waals surface area contributed by atoms with Crippen LogP contribution in [-0.4, -0.2) is 25.7 Å². The normalized spacial score (nSPS) is 12.7. The Bertz CT molecular complexity index is 647. The van der Waals surface area contributed by atoms with Crippen molar-refractivity contribution in [2.75, 3.05) is 13.9 Å². The number of thiophene rings is 1. The molecule has 1 aromatic carbocycles. The van der Waals surface area contributed by atoms with Crippen molar-refractivity contribution in [3.8, 4) is 11.5 Å². The van der Waals surface area contributed by atoms with Crippen molar-refractivity contribution < 1.29 is 23.8 Å². The summed E-state index contributed by atoms with van der Waals surface area (Å²) in [5.74, 6) is 0.968. The highest BCUT2D eigenvalue weighted by Gasteiger charge is 2.18. The van der Waals surface area contributed by atoms with Gasteiger partial charge in [-0.15, -0.1) is 11.3 Å². The molecule has 104 valence electrons. The fraction of sp³-hybridized carbons (Fsp3) is 0.286. The van der Waals surface area contributed by atoms with E-state index < -0.39 is 0 Å². The van der Waals surface area contributed by atoms with Gasteiger partial charge in [-0.25, -0.2) is 0 Å². The number of rotatable bonds is 4. The zero-order valence-corrected chi connectivity index (χ0v) is 11.6. The first-order chi connectivity index (χ1) is 9.67. The van der Waals surface area contributed by atoms with Gasteiger partial charge in [-0.3, -0.25) is 9.59 Å². The van der Waals surface area contributed by atoms with E-state index in [2.05, 4.69) is 4.74 Å². The fourth-order valence-corrected chi connectivity index (χ4v) is 3.05. The van der Waals surface area contributed by atoms with E-state index in [9.17, 15) is 9.59 Å². The van der Waals surface area contributed by atoms with Crippen molar-refractivity contribution in [3.05, 3.63) is 23.1 Å². The largest absolute Gasteiger partial charge is 0.469 e. The summed E-state index contributed by atoms with van der Waals surface area (Å²) < 4.78 is 16.1. The number of esters is 1. The molecule has 1 aliphatic heterocycles. The predicted octanol–water partition coefficient (Wildman–Crippen LogP) is 2.77. The van der Waals surface area contributed by atoms with Gasteiger partial charge >= 0.3 is 5.97 Å². The van der Waals surface area contributed by atoms with Gasteiger partial charge in [0.25, 0.3) is 0 Å². The number of hydrogen-bond donors (Lipinski definition) is 0. The fourth-order valence-electron chi connectivity index (χ4n) is 2.01. The third-order valence-corrected chi connectivity index (χ3v) is 4.21. The van der Waals surface area contributed by atoms with Crippen LogP contribution in [0.5, 0.6) is 11.5 Å². The number of fused-ring (bicyclic) bond motifs is 2. The standard InChI is InChI=1S/C14H12O5S/c1-17-14(16)3-2-9(15)13-5-8-4-10-11(19-7-18-10)6-12(8)20-13/h4-6H,2-3,7H2,1H3. The first-order valence-corrected chi connectivity index (χ1v) is 6.92. The number of carbonyl (C=O) groups excluding carboxylic acids is 2. The lowest BCUT2D eigenvalue weighted by Gasteiger charge is -1.96. The Labute approximate surface area is 119 Å². The molecule has 6 heteroatoms. The molecule has 1 aromatic heterocycles. The van der Waals surface area contributed by atoms with E-state index in [1.807, 2.05) is 18.2 Å². The average Bonchev–Trinajstić information content (AvgIpc) is 3.06. The molecule has 1 aliphatic rings. The van der Waals surface area contributed by atoms with Crippen molar-refractivity contribution in [1.29, 1.82) is 0 Å². The highest BCUT2D eigenvalue weighted by Crippen LogP contribution is 2.39. The number of methoxy groups -OCH3 is 1. The summed E-state index contributed by atoms with van der Waals surface area (Å²) in [4.78, 5) is 23.7. The van der Waals surface area contributed by atoms with Gasteiger partial charge in [0.2, 0.25) is 6.79 Å². The van der Waals surface area contributed by atoms with Crippen LogP contribution in [0.3, 0.4) is 0 Å². The van der Waals surface area contributed by atoms with E-state index in [0.717, 1.165) is 10.1 Å². The molecule has 0 unspecified atom stereocenters. The first-order valence-electron chi connectivity index (χ1n) is 6.10. The second-order valence-electron chi connectivity index (χ2n) is 4.35. The van der Waals surface area contributed by atoms with Gasteiger partial charge in [0.05, 0.1) is 18.4 Å². The number of Topliss-reactive ketones (excluding diaryl/α,β-unsaturated/α-hetero) is 1. The van der Waals surface area contributed by atoms with Gasteiger partial charge < -0.3 is 14.2 Å². The van der Waals surface area contributed by atoms with Gasteiger partial charge in [0, 0.05) is 17.2 Å². The van der Waals surface area contributed by atoms with Crippen LogP contribution in [-0.2, 0) is 9.53 Å². The number of hydrogen-bond acceptors (Lipinski definition) is 6. The van der Waals surface area contributed by atoms with Gasteiger partial charge in [0.1, 0.15) is 0 Å². The molecule has 0 radical (unpaired) electrons. The van der Waals surface area contributed by atoms with Crippen LogP contribution in [0, 0.1) is 0 Å². The maximum absolute atomic E-state index is 12.0. The lowest BCUT2D eigenvalue weighted by molar-refractivity contribution is -0.140. The Balaban J connectivity index is 1.82. The maximum atomic E-state index is 12.0. The monoisotopic (exact) mass is 292 g/mol. The van der Waals surface area contributed by atoms with E-state index in [1.165, 1.54) is 18.4 Å². The molecule has 0 atom stereocenters. The molecule has 0 aliphatic carbocycles. The van der Waals surface area contributed by atoms with Crippen molar-refractivity contribution in [3.63, 3.8) is 0 Å². The van der Waals surface area contributed by atoms with Gasteiger partial charge in [-0.05, 0) is 17.5 Å². The molecule has 3 rings (SSSR count). The highest BCUT2D eigenvalue weighted by atomic mass is 32.1. The van der Waals surface area contributed by atoms with Crippen LogP contribution in [0.2, 0.25) is 0 Å². The molecule has 5 nitrogen and oxygen atoms in total. The maximum Gasteiger partial charge on any atom is 0.305 e. The Morgan fingerprint density at radius 2 is 1.95 bits per heavy atom. The lowest BCUT2D eigenvalue weighted by atomic mass is 10.1. The summed E-state index contributed by atoms with van der Waals surface area (Å²) in [7, 11) is 1.31. The molecule has 20 heavy (non-hydrogen) atoms. The highest BCUT2D eigenvalue weighted by molar-refractivity contribution is 7.20. The first kappa shape index (κ1) is 12.9. The van der Waals surface area contributed by atoms with Crippen LogP contribution in [0.1, 0.15) is 22.5 Å². The summed E-state index contributed by atoms with van der Waals surface area (Å²) in [6.07, 6.45) is 0.262. The third kappa shape index (κ3) is 2.34. The molecule has 2 heterocycles. The minimum absolute atomic E-state index is 0.0569. The molecule has 0 N–H and O–H groups in total. The zero-order valence-electron chi connectivity index (χ0n) is 10.8. The third-order valence-electron chi connectivity index (χ3n) is 3.07. The van der Waals surface area contributed by atoms with Crippen molar-refractivity contribution in [2.24, 2.45) is 0 Å². The molecule has 0 fully saturated rings. The molecule has 0 spiro atoms. The number of carbonyl (C=O) groups is 2. The van der Waals surface area contributed by atoms with Gasteiger partial charge in [0.15, 0.2) is 17.3 Å². The molecule has 0 saturated heterocycles. The van der Waals surface area contributed by atoms with Crippen LogP contribution < -0.4 is 9.47 Å². The SMILES string of the molecule is COC(=O)CCC(=O)c1cc2cc3c(cc2s1)OCO3. The molecular weight excluding hydrogens is 280 g/mol. The second kappa shape index (κ2) is 5.13. The van der Waals surface area contributed by atoms with E-state index in [0.29, 0.717) is 16.4 Å². The van der Waals surface area contributed by atoms with Crippen LogP contribution in [0.15, 0.2) is 18.2 Å². The van der Waals surface area contributed by atoms with Gasteiger partial charge in [-0.2, -0.15) is 0 Å². The number of ketones is 1. The summed E-state index contributed by atoms with van der Waals surface area (Å²) in [6, 6.07) is 5.56. The van der Waals surface area contributed by atoms with Crippen LogP contribution in [0.25, 0.3) is 10.1 Å². The Hall–Kier alpha value is -2.08. The second-order valence-corrected chi connectivity index (χ2v) is 5.44. The van der Waals surface area contributed by atoms with E-state index in [1.54, 1.807) is 0 Å². The zero-order chi connectivity index (χ0) is 14.1. The summed E-state index contributed by atoms with van der Waals surface area (Å²) in [5, 5.41) is 0.945. The van der Waals surface area contributed by atoms with Crippen molar-refractivity contribution in [2.45, 2.75) is 12.8 Å². The minimum atomic E-state index is -0.375. The Kier molecular flexibility index (Phi) is 3.31. The summed E-state index contributed by atoms with van der Waals surface area (Å²) in [6.45, 7) is 0.234. The molecule has 0 amide bonds. The Morgan fingerprint density at radius 3 is 2.70 bits per heavy atom. The number of benzene rings is 1. The van der Waals surface area contributed by atoms with Gasteiger partial charge in [-0.1, -0.05) is 0 Å². The summed E-state index contributed by atoms with van der Waals surface area (Å²) in [5.41, 5.74) is 0. The quantitative estimate of drug-likeness (QED) is 0.640. The molecule has 0 saturated carbocycles. The Morgan fingerprint density at radius 1 is 1.20 bits per heavy atom. The van der Waals surface area contributed by atoms with Crippen LogP contribution in [0.4, 0.5) is 0 Å². The van der Waals surface area contributed by atoms with E-state index in [4.69, 9.17) is 9.47 Å². The summed E-state index contributed by atoms with van der Waals surface area (Å²) >= 11 is 1.39. The predicted molar refractivity (Wildman–Crippen MR) is 73.5 cm³/mol. The topological polar surface area (TPSA) is 61.8 Å². The minimum Gasteiger partial charge on any atom is -0.469 e. The molecule has 0 bridgehead atoms. The van der Waals surface area contributed by atoms with E-state index in [-0.39, 0.29) is 31.4 Å². The van der Waals surface area contributed by atoms with Crippen LogP contribution >= 0.6 is 11.3 Å². The lowest BCUT2D eigenvalue weighted by Crippen LogP contribution is -2.04. The molecule has 2 aromatic rings. The average molecular weight is 292 g/mol. The number of ether oxygens (including phenoxy) is 3. The van der Waals surface area contributed by atoms with Crippen molar-refractivity contribution in [1.82, 2.24) is 0 Å². The van der Waals surface area contributed by atoms with Crippen molar-refractivity contribution >= 4 is 33.2 Å². The molecular formula is C14H12O5S. The van der Waals surface area contributed by atoms with E-state index >= 15 is 0 Å². The smallest absolute Gasteiger partial charge is 0.305 e.